The zero-order chi connectivity index (χ0) is 23.7. The van der Waals surface area contributed by atoms with E-state index in [4.69, 9.17) is 9.47 Å². The molecule has 0 bridgehead atoms. The van der Waals surface area contributed by atoms with Crippen LogP contribution in [0.4, 0.5) is 10.5 Å². The van der Waals surface area contributed by atoms with Gasteiger partial charge >= 0.3 is 6.03 Å². The summed E-state index contributed by atoms with van der Waals surface area (Å²) in [6.07, 6.45) is 1.32. The highest BCUT2D eigenvalue weighted by molar-refractivity contribution is 7.17. The lowest BCUT2D eigenvalue weighted by Crippen LogP contribution is -2.38. The Labute approximate surface area is 198 Å². The molecule has 172 valence electrons. The van der Waals surface area contributed by atoms with Crippen LogP contribution < -0.4 is 25.7 Å². The van der Waals surface area contributed by atoms with Gasteiger partial charge in [-0.2, -0.15) is 0 Å². The molecular weight excluding hydrogens is 456 g/mol. The highest BCUT2D eigenvalue weighted by Gasteiger charge is 2.17. The van der Waals surface area contributed by atoms with E-state index in [2.05, 4.69) is 15.6 Å². The average Bonchev–Trinajstić information content (AvgIpc) is 3.26. The van der Waals surface area contributed by atoms with E-state index in [-0.39, 0.29) is 12.1 Å². The second kappa shape index (κ2) is 8.99. The predicted octanol–water partition coefficient (Wildman–Crippen LogP) is 3.55. The SMILES string of the molecule is Cc1ccc(-c2csc3ncn(CC(=O)NC(=O)Nc4ccc5c(c4)OCCO5)c(=O)c23)cc1. The van der Waals surface area contributed by atoms with Crippen molar-refractivity contribution in [2.75, 3.05) is 18.5 Å². The molecule has 10 heteroatoms. The number of thiophene rings is 1. The van der Waals surface area contributed by atoms with Gasteiger partial charge in [-0.25, -0.2) is 9.78 Å². The number of urea groups is 1. The monoisotopic (exact) mass is 476 g/mol. The molecule has 34 heavy (non-hydrogen) atoms. The van der Waals surface area contributed by atoms with Gasteiger partial charge in [0.25, 0.3) is 5.56 Å². The Kier molecular flexibility index (Phi) is 5.72. The molecule has 3 amide bonds. The minimum absolute atomic E-state index is 0.343. The van der Waals surface area contributed by atoms with Gasteiger partial charge in [0.1, 0.15) is 24.6 Å². The fraction of sp³-hybridized carbons (Fsp3) is 0.167. The van der Waals surface area contributed by atoms with Crippen molar-refractivity contribution >= 4 is 39.2 Å². The maximum Gasteiger partial charge on any atom is 0.325 e. The third-order valence-electron chi connectivity index (χ3n) is 5.29. The molecule has 5 rings (SSSR count). The highest BCUT2D eigenvalue weighted by Crippen LogP contribution is 2.33. The van der Waals surface area contributed by atoms with Crippen LogP contribution in [0.2, 0.25) is 0 Å². The lowest BCUT2D eigenvalue weighted by molar-refractivity contribution is -0.120. The van der Waals surface area contributed by atoms with Crippen LogP contribution in [0.15, 0.2) is 59.0 Å². The number of rotatable bonds is 4. The molecule has 0 atom stereocenters. The van der Waals surface area contributed by atoms with Crippen molar-refractivity contribution in [3.8, 4) is 22.6 Å². The molecule has 9 nitrogen and oxygen atoms in total. The maximum atomic E-state index is 13.1. The van der Waals surface area contributed by atoms with Crippen LogP contribution in [0, 0.1) is 6.92 Å². The van der Waals surface area contributed by atoms with Crippen LogP contribution in [0.25, 0.3) is 21.3 Å². The van der Waals surface area contributed by atoms with Crippen LogP contribution in [-0.4, -0.2) is 34.7 Å². The Morgan fingerprint density at radius 3 is 2.65 bits per heavy atom. The molecule has 1 aliphatic rings. The largest absolute Gasteiger partial charge is 0.486 e. The van der Waals surface area contributed by atoms with E-state index >= 15 is 0 Å². The smallest absolute Gasteiger partial charge is 0.325 e. The first-order valence-electron chi connectivity index (χ1n) is 10.5. The van der Waals surface area contributed by atoms with Crippen LogP contribution >= 0.6 is 11.3 Å². The van der Waals surface area contributed by atoms with E-state index in [1.165, 1.54) is 22.2 Å². The summed E-state index contributed by atoms with van der Waals surface area (Å²) < 4.78 is 12.1. The number of nitrogens with zero attached hydrogens (tertiary/aromatic N) is 2. The van der Waals surface area contributed by atoms with Crippen molar-refractivity contribution < 1.29 is 19.1 Å². The fourth-order valence-corrected chi connectivity index (χ4v) is 4.54. The van der Waals surface area contributed by atoms with Crippen molar-refractivity contribution in [1.29, 1.82) is 0 Å². The Morgan fingerprint density at radius 2 is 1.85 bits per heavy atom. The van der Waals surface area contributed by atoms with Gasteiger partial charge < -0.3 is 14.8 Å². The summed E-state index contributed by atoms with van der Waals surface area (Å²) in [7, 11) is 0. The van der Waals surface area contributed by atoms with Gasteiger partial charge in [-0.05, 0) is 24.6 Å². The van der Waals surface area contributed by atoms with Crippen molar-refractivity contribution in [3.63, 3.8) is 0 Å². The Morgan fingerprint density at radius 1 is 1.09 bits per heavy atom. The number of carbonyl (C=O) groups excluding carboxylic acids is 2. The number of ether oxygens (including phenoxy) is 2. The Balaban J connectivity index is 1.30. The lowest BCUT2D eigenvalue weighted by Gasteiger charge is -2.19. The number of benzene rings is 2. The molecule has 0 unspecified atom stereocenters. The van der Waals surface area contributed by atoms with E-state index in [1.807, 2.05) is 36.6 Å². The summed E-state index contributed by atoms with van der Waals surface area (Å²) in [5.74, 6) is 0.459. The lowest BCUT2D eigenvalue weighted by atomic mass is 10.1. The number of fused-ring (bicyclic) bond motifs is 2. The molecule has 0 saturated heterocycles. The number of carbonyl (C=O) groups is 2. The third kappa shape index (κ3) is 4.35. The summed E-state index contributed by atoms with van der Waals surface area (Å²) in [5, 5.41) is 7.14. The van der Waals surface area contributed by atoms with E-state index < -0.39 is 11.9 Å². The van der Waals surface area contributed by atoms with Crippen LogP contribution in [-0.2, 0) is 11.3 Å². The van der Waals surface area contributed by atoms with Crippen molar-refractivity contribution in [3.05, 3.63) is 70.1 Å². The molecule has 0 radical (unpaired) electrons. The quantitative estimate of drug-likeness (QED) is 0.466. The number of aryl methyl sites for hydroxylation is 1. The second-order valence-electron chi connectivity index (χ2n) is 7.73. The fourth-order valence-electron chi connectivity index (χ4n) is 3.63. The number of anilines is 1. The van der Waals surface area contributed by atoms with Gasteiger partial charge in [0.15, 0.2) is 11.5 Å². The number of aromatic nitrogens is 2. The van der Waals surface area contributed by atoms with Crippen LogP contribution in [0.3, 0.4) is 0 Å². The average molecular weight is 477 g/mol. The minimum Gasteiger partial charge on any atom is -0.486 e. The zero-order valence-corrected chi connectivity index (χ0v) is 19.0. The van der Waals surface area contributed by atoms with Gasteiger partial charge in [0, 0.05) is 22.7 Å². The third-order valence-corrected chi connectivity index (χ3v) is 6.18. The van der Waals surface area contributed by atoms with Crippen molar-refractivity contribution in [2.45, 2.75) is 13.5 Å². The molecule has 0 saturated carbocycles. The van der Waals surface area contributed by atoms with E-state index in [0.29, 0.717) is 40.6 Å². The molecule has 3 heterocycles. The van der Waals surface area contributed by atoms with E-state index in [9.17, 15) is 14.4 Å². The molecule has 2 N–H and O–H groups in total. The molecule has 2 aromatic heterocycles. The van der Waals surface area contributed by atoms with Gasteiger partial charge in [0.2, 0.25) is 5.91 Å². The number of imide groups is 1. The Hall–Kier alpha value is -4.18. The predicted molar refractivity (Wildman–Crippen MR) is 129 cm³/mol. The number of hydrogen-bond donors (Lipinski definition) is 2. The molecule has 0 spiro atoms. The summed E-state index contributed by atoms with van der Waals surface area (Å²) >= 11 is 1.37. The van der Waals surface area contributed by atoms with Gasteiger partial charge in [-0.3, -0.25) is 19.5 Å². The molecule has 0 aliphatic carbocycles. The standard InChI is InChI=1S/C24H20N4O5S/c1-14-2-4-15(5-3-14)17-12-34-22-21(17)23(30)28(13-25-22)11-20(29)27-24(31)26-16-6-7-18-19(10-16)33-9-8-32-18/h2-7,10,12-13H,8-9,11H2,1H3,(H2,26,27,29,31). The maximum absolute atomic E-state index is 13.1. The van der Waals surface area contributed by atoms with Crippen molar-refractivity contribution in [2.24, 2.45) is 0 Å². The van der Waals surface area contributed by atoms with Crippen molar-refractivity contribution in [1.82, 2.24) is 14.9 Å². The second-order valence-corrected chi connectivity index (χ2v) is 8.59. The first-order chi connectivity index (χ1) is 16.5. The minimum atomic E-state index is -0.723. The van der Waals surface area contributed by atoms with E-state index in [0.717, 1.165) is 16.7 Å². The summed E-state index contributed by atoms with van der Waals surface area (Å²) in [5.41, 5.74) is 2.88. The van der Waals surface area contributed by atoms with Gasteiger partial charge in [-0.15, -0.1) is 11.3 Å². The number of hydrogen-bond acceptors (Lipinski definition) is 7. The zero-order valence-electron chi connectivity index (χ0n) is 18.2. The molecular formula is C24H20N4O5S. The molecule has 1 aliphatic heterocycles. The van der Waals surface area contributed by atoms with Gasteiger partial charge in [-0.1, -0.05) is 29.8 Å². The highest BCUT2D eigenvalue weighted by atomic mass is 32.1. The van der Waals surface area contributed by atoms with Gasteiger partial charge in [0.05, 0.1) is 11.7 Å². The van der Waals surface area contributed by atoms with Crippen LogP contribution in [0.5, 0.6) is 11.5 Å². The van der Waals surface area contributed by atoms with E-state index in [1.54, 1.807) is 18.2 Å². The summed E-state index contributed by atoms with van der Waals surface area (Å²) in [6.45, 7) is 2.53. The normalized spacial score (nSPS) is 12.4. The Bertz CT molecular complexity index is 1460. The first-order valence-corrected chi connectivity index (χ1v) is 11.4. The topological polar surface area (TPSA) is 112 Å². The number of nitrogens with one attached hydrogen (secondary N) is 2. The molecule has 4 aromatic rings. The molecule has 0 fully saturated rings. The first kappa shape index (κ1) is 21.7. The molecule has 2 aromatic carbocycles. The summed E-state index contributed by atoms with van der Waals surface area (Å²) in [6, 6.07) is 12.1. The number of amides is 3. The summed E-state index contributed by atoms with van der Waals surface area (Å²) in [4.78, 5) is 42.8. The van der Waals surface area contributed by atoms with Crippen LogP contribution in [0.1, 0.15) is 5.56 Å².